The van der Waals surface area contributed by atoms with Gasteiger partial charge in [-0.25, -0.2) is 9.18 Å². The minimum absolute atomic E-state index is 0.259. The van der Waals surface area contributed by atoms with Crippen LogP contribution in [0.3, 0.4) is 0 Å². The lowest BCUT2D eigenvalue weighted by Gasteiger charge is -2.43. The number of carbonyl (C=O) groups is 1. The molecule has 1 aromatic carbocycles. The molecule has 24 heavy (non-hydrogen) atoms. The van der Waals surface area contributed by atoms with Crippen molar-refractivity contribution in [2.45, 2.75) is 50.7 Å². The number of amides is 1. The van der Waals surface area contributed by atoms with Gasteiger partial charge in [0.25, 0.3) is 0 Å². The monoisotopic (exact) mass is 338 g/mol. The fourth-order valence-electron chi connectivity index (χ4n) is 3.11. The molecule has 1 fully saturated rings. The molecule has 2 rings (SSSR count). The average molecular weight is 338 g/mol. The standard InChI is InChI=1S/C18H27FN2O3/c1-17(2,3)24-16(22)21-10-8-18(23,9-11-21)15(12-20)13-4-6-14(19)7-5-13/h4-7,15,23H,8-12,20H2,1-3H3. The fourth-order valence-corrected chi connectivity index (χ4v) is 3.11. The molecule has 1 heterocycles. The second kappa shape index (κ2) is 7.07. The van der Waals surface area contributed by atoms with E-state index in [-0.39, 0.29) is 24.4 Å². The summed E-state index contributed by atoms with van der Waals surface area (Å²) >= 11 is 0. The number of nitrogens with two attached hydrogens (primary N) is 1. The van der Waals surface area contributed by atoms with Gasteiger partial charge in [-0.05, 0) is 51.3 Å². The second-order valence-electron chi connectivity index (χ2n) is 7.41. The molecule has 3 N–H and O–H groups in total. The number of aliphatic hydroxyl groups is 1. The van der Waals surface area contributed by atoms with Gasteiger partial charge < -0.3 is 20.5 Å². The van der Waals surface area contributed by atoms with Gasteiger partial charge >= 0.3 is 6.09 Å². The first-order valence-electron chi connectivity index (χ1n) is 8.30. The van der Waals surface area contributed by atoms with Gasteiger partial charge in [0.2, 0.25) is 0 Å². The predicted octanol–water partition coefficient (Wildman–Crippen LogP) is 2.63. The summed E-state index contributed by atoms with van der Waals surface area (Å²) in [6.45, 7) is 6.54. The molecule has 0 aliphatic carbocycles. The average Bonchev–Trinajstić information content (AvgIpc) is 2.48. The highest BCUT2D eigenvalue weighted by atomic mass is 19.1. The quantitative estimate of drug-likeness (QED) is 0.888. The molecular weight excluding hydrogens is 311 g/mol. The van der Waals surface area contributed by atoms with Gasteiger partial charge in [-0.1, -0.05) is 12.1 Å². The van der Waals surface area contributed by atoms with Crippen LogP contribution in [0.4, 0.5) is 9.18 Å². The second-order valence-corrected chi connectivity index (χ2v) is 7.41. The Labute approximate surface area is 142 Å². The molecule has 1 aliphatic heterocycles. The molecule has 0 saturated carbocycles. The van der Waals surface area contributed by atoms with Gasteiger partial charge in [-0.3, -0.25) is 0 Å². The summed E-state index contributed by atoms with van der Waals surface area (Å²) in [5, 5.41) is 11.0. The summed E-state index contributed by atoms with van der Waals surface area (Å²) in [4.78, 5) is 13.7. The number of carbonyl (C=O) groups excluding carboxylic acids is 1. The van der Waals surface area contributed by atoms with Crippen LogP contribution in [0.25, 0.3) is 0 Å². The van der Waals surface area contributed by atoms with E-state index >= 15 is 0 Å². The zero-order valence-corrected chi connectivity index (χ0v) is 14.6. The molecule has 1 saturated heterocycles. The van der Waals surface area contributed by atoms with Crippen molar-refractivity contribution in [1.29, 1.82) is 0 Å². The SMILES string of the molecule is CC(C)(C)OC(=O)N1CCC(O)(C(CN)c2ccc(F)cc2)CC1. The molecule has 0 radical (unpaired) electrons. The summed E-state index contributed by atoms with van der Waals surface area (Å²) in [5.74, 6) is -0.611. The van der Waals surface area contributed by atoms with Crippen molar-refractivity contribution in [3.63, 3.8) is 0 Å². The number of halogens is 1. The van der Waals surface area contributed by atoms with Gasteiger partial charge in [0.1, 0.15) is 11.4 Å². The van der Waals surface area contributed by atoms with Crippen LogP contribution in [0.2, 0.25) is 0 Å². The molecular formula is C18H27FN2O3. The van der Waals surface area contributed by atoms with E-state index in [0.29, 0.717) is 25.9 Å². The van der Waals surface area contributed by atoms with Gasteiger partial charge in [-0.2, -0.15) is 0 Å². The van der Waals surface area contributed by atoms with Crippen molar-refractivity contribution in [3.8, 4) is 0 Å². The van der Waals surface area contributed by atoms with Crippen LogP contribution < -0.4 is 5.73 Å². The van der Waals surface area contributed by atoms with Crippen molar-refractivity contribution >= 4 is 6.09 Å². The third-order valence-corrected chi connectivity index (χ3v) is 4.44. The first-order valence-corrected chi connectivity index (χ1v) is 8.30. The molecule has 1 unspecified atom stereocenters. The molecule has 6 heteroatoms. The van der Waals surface area contributed by atoms with E-state index in [0.717, 1.165) is 5.56 Å². The minimum Gasteiger partial charge on any atom is -0.444 e. The number of piperidine rings is 1. The first kappa shape index (κ1) is 18.7. The molecule has 1 aromatic rings. The third-order valence-electron chi connectivity index (χ3n) is 4.44. The van der Waals surface area contributed by atoms with Crippen LogP contribution >= 0.6 is 0 Å². The van der Waals surface area contributed by atoms with Crippen molar-refractivity contribution in [1.82, 2.24) is 4.90 Å². The summed E-state index contributed by atoms with van der Waals surface area (Å²) in [6.07, 6.45) is 0.451. The van der Waals surface area contributed by atoms with Crippen LogP contribution in [-0.4, -0.2) is 46.9 Å². The zero-order valence-electron chi connectivity index (χ0n) is 14.6. The molecule has 0 spiro atoms. The van der Waals surface area contributed by atoms with Gasteiger partial charge in [0, 0.05) is 25.6 Å². The van der Waals surface area contributed by atoms with Crippen LogP contribution in [-0.2, 0) is 4.74 Å². The maximum Gasteiger partial charge on any atom is 0.410 e. The van der Waals surface area contributed by atoms with Crippen molar-refractivity contribution < 1.29 is 19.0 Å². The van der Waals surface area contributed by atoms with Gasteiger partial charge in [-0.15, -0.1) is 0 Å². The predicted molar refractivity (Wildman–Crippen MR) is 90.2 cm³/mol. The minimum atomic E-state index is -1.01. The summed E-state index contributed by atoms with van der Waals surface area (Å²) in [7, 11) is 0. The van der Waals surface area contributed by atoms with E-state index in [1.54, 1.807) is 17.0 Å². The smallest absolute Gasteiger partial charge is 0.410 e. The number of hydrogen-bond acceptors (Lipinski definition) is 4. The topological polar surface area (TPSA) is 75.8 Å². The van der Waals surface area contributed by atoms with Crippen molar-refractivity contribution in [3.05, 3.63) is 35.6 Å². The lowest BCUT2D eigenvalue weighted by atomic mass is 9.76. The van der Waals surface area contributed by atoms with E-state index in [2.05, 4.69) is 0 Å². The van der Waals surface area contributed by atoms with Gasteiger partial charge in [0.05, 0.1) is 5.60 Å². The third kappa shape index (κ3) is 4.45. The molecule has 134 valence electrons. The van der Waals surface area contributed by atoms with Crippen LogP contribution in [0.1, 0.15) is 45.1 Å². The molecule has 5 nitrogen and oxygen atoms in total. The Morgan fingerprint density at radius 2 is 1.88 bits per heavy atom. The van der Waals surface area contributed by atoms with E-state index in [1.165, 1.54) is 12.1 Å². The Hall–Kier alpha value is -1.66. The first-order chi connectivity index (χ1) is 11.1. The number of likely N-dealkylation sites (tertiary alicyclic amines) is 1. The number of ether oxygens (including phenoxy) is 1. The summed E-state index contributed by atoms with van der Waals surface area (Å²) in [6, 6.07) is 6.06. The summed E-state index contributed by atoms with van der Waals surface area (Å²) < 4.78 is 18.5. The number of nitrogens with zero attached hydrogens (tertiary/aromatic N) is 1. The maximum atomic E-state index is 13.1. The Morgan fingerprint density at radius 3 is 2.33 bits per heavy atom. The molecule has 1 amide bonds. The van der Waals surface area contributed by atoms with E-state index in [1.807, 2.05) is 20.8 Å². The molecule has 0 bridgehead atoms. The zero-order chi connectivity index (χ0) is 18.0. The fraction of sp³-hybridized carbons (Fsp3) is 0.611. The Bertz CT molecular complexity index is 561. The van der Waals surface area contributed by atoms with Gasteiger partial charge in [0.15, 0.2) is 0 Å². The molecule has 0 aromatic heterocycles. The van der Waals surface area contributed by atoms with Crippen LogP contribution in [0, 0.1) is 5.82 Å². The van der Waals surface area contributed by atoms with Crippen LogP contribution in [0.15, 0.2) is 24.3 Å². The highest BCUT2D eigenvalue weighted by Crippen LogP contribution is 2.36. The highest BCUT2D eigenvalue weighted by molar-refractivity contribution is 5.68. The van der Waals surface area contributed by atoms with E-state index in [4.69, 9.17) is 10.5 Å². The largest absolute Gasteiger partial charge is 0.444 e. The lowest BCUT2D eigenvalue weighted by molar-refractivity contribution is -0.0469. The van der Waals surface area contributed by atoms with E-state index in [9.17, 15) is 14.3 Å². The van der Waals surface area contributed by atoms with Crippen LogP contribution in [0.5, 0.6) is 0 Å². The molecule has 1 aliphatic rings. The highest BCUT2D eigenvalue weighted by Gasteiger charge is 2.41. The Morgan fingerprint density at radius 1 is 1.33 bits per heavy atom. The lowest BCUT2D eigenvalue weighted by Crippen LogP contribution is -2.51. The Kier molecular flexibility index (Phi) is 5.50. The van der Waals surface area contributed by atoms with Crippen molar-refractivity contribution in [2.75, 3.05) is 19.6 Å². The number of rotatable bonds is 3. The van der Waals surface area contributed by atoms with E-state index < -0.39 is 11.2 Å². The normalized spacial score (nSPS) is 19.0. The number of benzene rings is 1. The Balaban J connectivity index is 2.04. The number of hydrogen-bond donors (Lipinski definition) is 2. The molecule has 1 atom stereocenters. The summed E-state index contributed by atoms with van der Waals surface area (Å²) in [5.41, 5.74) is 5.14. The van der Waals surface area contributed by atoms with Crippen molar-refractivity contribution in [2.24, 2.45) is 5.73 Å². The maximum absolute atomic E-state index is 13.1.